The van der Waals surface area contributed by atoms with Crippen LogP contribution in [0.15, 0.2) is 4.99 Å². The molecule has 0 aromatic heterocycles. The summed E-state index contributed by atoms with van der Waals surface area (Å²) in [6.45, 7) is 7.28. The maximum atomic E-state index is 5.69. The predicted octanol–water partition coefficient (Wildman–Crippen LogP) is 2.87. The third-order valence-electron chi connectivity index (χ3n) is 5.08. The molecule has 1 saturated carbocycles. The molecule has 2 aliphatic heterocycles. The number of hydrogen-bond acceptors (Lipinski definition) is 2. The predicted molar refractivity (Wildman–Crippen MR) is 97.4 cm³/mol. The van der Waals surface area contributed by atoms with Gasteiger partial charge in [0.2, 0.25) is 0 Å². The van der Waals surface area contributed by atoms with E-state index in [0.29, 0.717) is 6.10 Å². The van der Waals surface area contributed by atoms with Gasteiger partial charge in [-0.3, -0.25) is 4.99 Å². The van der Waals surface area contributed by atoms with Crippen molar-refractivity contribution >= 4 is 29.9 Å². The molecule has 1 aliphatic carbocycles. The third kappa shape index (κ3) is 4.47. The van der Waals surface area contributed by atoms with E-state index in [-0.39, 0.29) is 24.0 Å². The quantitative estimate of drug-likeness (QED) is 0.444. The monoisotopic (exact) mass is 407 g/mol. The van der Waals surface area contributed by atoms with Crippen LogP contribution >= 0.6 is 24.0 Å². The second kappa shape index (κ2) is 8.56. The summed E-state index contributed by atoms with van der Waals surface area (Å²) in [6.07, 6.45) is 8.43. The highest BCUT2D eigenvalue weighted by Gasteiger charge is 2.35. The Morgan fingerprint density at radius 2 is 1.86 bits per heavy atom. The van der Waals surface area contributed by atoms with Gasteiger partial charge in [-0.25, -0.2) is 0 Å². The van der Waals surface area contributed by atoms with Crippen LogP contribution in [0.5, 0.6) is 0 Å². The van der Waals surface area contributed by atoms with Gasteiger partial charge in [0.1, 0.15) is 0 Å². The highest BCUT2D eigenvalue weighted by atomic mass is 127. The minimum Gasteiger partial charge on any atom is -0.376 e. The molecule has 3 unspecified atom stereocenters. The average molecular weight is 407 g/mol. The second-order valence-corrected chi connectivity index (χ2v) is 6.54. The van der Waals surface area contributed by atoms with Crippen LogP contribution in [0.25, 0.3) is 0 Å². The van der Waals surface area contributed by atoms with Crippen molar-refractivity contribution in [2.75, 3.05) is 32.8 Å². The Hall–Kier alpha value is -0.0400. The largest absolute Gasteiger partial charge is 0.376 e. The first-order valence-corrected chi connectivity index (χ1v) is 8.51. The lowest BCUT2D eigenvalue weighted by Gasteiger charge is -2.22. The number of likely N-dealkylation sites (tertiary alicyclic amines) is 1. The van der Waals surface area contributed by atoms with Crippen molar-refractivity contribution in [3.63, 3.8) is 0 Å². The van der Waals surface area contributed by atoms with E-state index in [2.05, 4.69) is 17.1 Å². The van der Waals surface area contributed by atoms with Crippen LogP contribution < -0.4 is 5.32 Å². The Balaban J connectivity index is 0.00000161. The first-order chi connectivity index (χ1) is 9.86. The molecule has 0 radical (unpaired) electrons. The summed E-state index contributed by atoms with van der Waals surface area (Å²) in [5.74, 6) is 2.95. The van der Waals surface area contributed by atoms with E-state index in [9.17, 15) is 0 Å². The highest BCUT2D eigenvalue weighted by molar-refractivity contribution is 14.0. The van der Waals surface area contributed by atoms with Gasteiger partial charge in [0.25, 0.3) is 0 Å². The smallest absolute Gasteiger partial charge is 0.194 e. The van der Waals surface area contributed by atoms with Gasteiger partial charge in [-0.1, -0.05) is 12.8 Å². The van der Waals surface area contributed by atoms with E-state index in [1.807, 2.05) is 0 Å². The van der Waals surface area contributed by atoms with E-state index < -0.39 is 0 Å². The Labute approximate surface area is 146 Å². The van der Waals surface area contributed by atoms with E-state index in [0.717, 1.165) is 37.5 Å². The van der Waals surface area contributed by atoms with Gasteiger partial charge >= 0.3 is 0 Å². The summed E-state index contributed by atoms with van der Waals surface area (Å²) in [6, 6.07) is 0. The summed E-state index contributed by atoms with van der Waals surface area (Å²) >= 11 is 0. The van der Waals surface area contributed by atoms with Crippen molar-refractivity contribution in [3.8, 4) is 0 Å². The van der Waals surface area contributed by atoms with Gasteiger partial charge in [0, 0.05) is 26.2 Å². The number of fused-ring (bicyclic) bond motifs is 1. The Bertz CT molecular complexity index is 330. The van der Waals surface area contributed by atoms with Gasteiger partial charge in [-0.15, -0.1) is 24.0 Å². The second-order valence-electron chi connectivity index (χ2n) is 6.54. The lowest BCUT2D eigenvalue weighted by Crippen LogP contribution is -2.40. The fraction of sp³-hybridized carbons (Fsp3) is 0.938. The highest BCUT2D eigenvalue weighted by Crippen LogP contribution is 2.35. The van der Waals surface area contributed by atoms with Crippen molar-refractivity contribution in [1.29, 1.82) is 0 Å². The third-order valence-corrected chi connectivity index (χ3v) is 5.08. The SMILES string of the molecule is CCNC(=NCC1CCCO1)N1CC2CCCCC2C1.I. The number of guanidine groups is 1. The molecule has 0 bridgehead atoms. The number of nitrogens with zero attached hydrogens (tertiary/aromatic N) is 2. The summed E-state index contributed by atoms with van der Waals surface area (Å²) in [5, 5.41) is 3.48. The Morgan fingerprint density at radius 3 is 2.43 bits per heavy atom. The van der Waals surface area contributed by atoms with Crippen molar-refractivity contribution in [1.82, 2.24) is 10.2 Å². The van der Waals surface area contributed by atoms with E-state index >= 15 is 0 Å². The lowest BCUT2D eigenvalue weighted by atomic mass is 9.82. The van der Waals surface area contributed by atoms with E-state index in [1.54, 1.807) is 0 Å². The number of rotatable bonds is 3. The van der Waals surface area contributed by atoms with Gasteiger partial charge in [0.15, 0.2) is 5.96 Å². The van der Waals surface area contributed by atoms with Crippen molar-refractivity contribution in [3.05, 3.63) is 0 Å². The van der Waals surface area contributed by atoms with Crippen LogP contribution in [0.2, 0.25) is 0 Å². The van der Waals surface area contributed by atoms with Crippen LogP contribution in [-0.4, -0.2) is 49.7 Å². The molecule has 0 aromatic carbocycles. The standard InChI is InChI=1S/C16H29N3O.HI/c1-2-17-16(18-10-15-8-5-9-20-15)19-11-13-6-3-4-7-14(13)12-19;/h13-15H,2-12H2,1H3,(H,17,18);1H. The maximum Gasteiger partial charge on any atom is 0.194 e. The minimum absolute atomic E-state index is 0. The zero-order valence-corrected chi connectivity index (χ0v) is 15.6. The number of hydrogen-bond donors (Lipinski definition) is 1. The fourth-order valence-corrected chi connectivity index (χ4v) is 3.98. The summed E-state index contributed by atoms with van der Waals surface area (Å²) in [7, 11) is 0. The molecule has 3 aliphatic rings. The average Bonchev–Trinajstić information content (AvgIpc) is 3.12. The fourth-order valence-electron chi connectivity index (χ4n) is 3.98. The molecule has 4 nitrogen and oxygen atoms in total. The first kappa shape index (κ1) is 17.3. The first-order valence-electron chi connectivity index (χ1n) is 8.51. The van der Waals surface area contributed by atoms with E-state index in [4.69, 9.17) is 9.73 Å². The molecular formula is C16H30IN3O. The van der Waals surface area contributed by atoms with Crippen LogP contribution in [-0.2, 0) is 4.74 Å². The van der Waals surface area contributed by atoms with Crippen LogP contribution in [0.4, 0.5) is 0 Å². The zero-order valence-electron chi connectivity index (χ0n) is 13.2. The molecule has 0 spiro atoms. The van der Waals surface area contributed by atoms with Crippen LogP contribution in [0.1, 0.15) is 45.4 Å². The minimum atomic E-state index is 0. The molecule has 2 saturated heterocycles. The molecule has 5 heteroatoms. The Morgan fingerprint density at radius 1 is 1.14 bits per heavy atom. The molecule has 3 fully saturated rings. The maximum absolute atomic E-state index is 5.69. The molecule has 0 amide bonds. The van der Waals surface area contributed by atoms with E-state index in [1.165, 1.54) is 51.6 Å². The normalized spacial score (nSPS) is 32.7. The molecule has 2 heterocycles. The topological polar surface area (TPSA) is 36.9 Å². The molecule has 1 N–H and O–H groups in total. The Kier molecular flexibility index (Phi) is 7.05. The summed E-state index contributed by atoms with van der Waals surface area (Å²) in [4.78, 5) is 7.34. The lowest BCUT2D eigenvalue weighted by molar-refractivity contribution is 0.117. The summed E-state index contributed by atoms with van der Waals surface area (Å²) < 4.78 is 5.69. The van der Waals surface area contributed by atoms with Gasteiger partial charge in [-0.2, -0.15) is 0 Å². The molecule has 0 aromatic rings. The van der Waals surface area contributed by atoms with Crippen molar-refractivity contribution in [2.24, 2.45) is 16.8 Å². The molecular weight excluding hydrogens is 377 g/mol. The van der Waals surface area contributed by atoms with Gasteiger partial charge < -0.3 is 15.0 Å². The number of halogens is 1. The van der Waals surface area contributed by atoms with Crippen LogP contribution in [0, 0.1) is 11.8 Å². The zero-order chi connectivity index (χ0) is 13.8. The summed E-state index contributed by atoms with van der Waals surface area (Å²) in [5.41, 5.74) is 0. The number of ether oxygens (including phenoxy) is 1. The molecule has 3 atom stereocenters. The van der Waals surface area contributed by atoms with Crippen molar-refractivity contribution in [2.45, 2.75) is 51.6 Å². The molecule has 3 rings (SSSR count). The van der Waals surface area contributed by atoms with Gasteiger partial charge in [0.05, 0.1) is 12.6 Å². The van der Waals surface area contributed by atoms with Crippen LogP contribution in [0.3, 0.4) is 0 Å². The van der Waals surface area contributed by atoms with Crippen molar-refractivity contribution < 1.29 is 4.74 Å². The molecule has 122 valence electrons. The number of aliphatic imine (C=N–C) groups is 1. The molecule has 21 heavy (non-hydrogen) atoms. The number of nitrogens with one attached hydrogen (secondary N) is 1. The van der Waals surface area contributed by atoms with Gasteiger partial charge in [-0.05, 0) is 44.4 Å².